The fraction of sp³-hybridized carbons (Fsp3) is 0.533. The van der Waals surface area contributed by atoms with E-state index in [9.17, 15) is 4.79 Å². The Hall–Kier alpha value is -1.71. The second kappa shape index (κ2) is 6.45. The lowest BCUT2D eigenvalue weighted by Gasteiger charge is -2.14. The molecule has 19 heavy (non-hydrogen) atoms. The average Bonchev–Trinajstić information content (AvgIpc) is 2.86. The van der Waals surface area contributed by atoms with E-state index in [-0.39, 0.29) is 12.1 Å². The Balaban J connectivity index is 2.09. The number of carbonyl (C=O) groups excluding carboxylic acids is 1. The maximum Gasteiger partial charge on any atom is 0.306 e. The molecule has 0 bridgehead atoms. The topological polar surface area (TPSA) is 44.8 Å². The van der Waals surface area contributed by atoms with Crippen LogP contribution in [-0.4, -0.2) is 19.7 Å². The second-order valence-corrected chi connectivity index (χ2v) is 4.63. The number of carbonyl (C=O) groups is 1. The van der Waals surface area contributed by atoms with E-state index in [2.05, 4.69) is 6.92 Å². The smallest absolute Gasteiger partial charge is 0.306 e. The molecule has 104 valence electrons. The predicted molar refractivity (Wildman–Crippen MR) is 71.5 cm³/mol. The van der Waals surface area contributed by atoms with Gasteiger partial charge in [0.15, 0.2) is 11.5 Å². The number of methoxy groups -OCH3 is 1. The van der Waals surface area contributed by atoms with E-state index in [0.717, 1.165) is 30.6 Å². The van der Waals surface area contributed by atoms with Gasteiger partial charge in [-0.25, -0.2) is 0 Å². The summed E-state index contributed by atoms with van der Waals surface area (Å²) in [6, 6.07) is 5.72. The van der Waals surface area contributed by atoms with Gasteiger partial charge in [-0.3, -0.25) is 4.79 Å². The first kappa shape index (κ1) is 13.7. The van der Waals surface area contributed by atoms with Crippen molar-refractivity contribution in [1.82, 2.24) is 0 Å². The Morgan fingerprint density at radius 1 is 1.37 bits per heavy atom. The lowest BCUT2D eigenvalue weighted by atomic mass is 10.1. The SMILES string of the molecule is CCCCOc1ccc([C@@H]2CCC(=O)O2)cc1OC. The van der Waals surface area contributed by atoms with Crippen LogP contribution in [0.5, 0.6) is 11.5 Å². The van der Waals surface area contributed by atoms with Gasteiger partial charge in [-0.1, -0.05) is 19.4 Å². The summed E-state index contributed by atoms with van der Waals surface area (Å²) in [7, 11) is 1.62. The molecule has 0 unspecified atom stereocenters. The molecule has 1 aromatic carbocycles. The maximum atomic E-state index is 11.1. The number of rotatable bonds is 6. The molecule has 1 aliphatic heterocycles. The minimum Gasteiger partial charge on any atom is -0.493 e. The van der Waals surface area contributed by atoms with Crippen molar-refractivity contribution in [3.63, 3.8) is 0 Å². The van der Waals surface area contributed by atoms with E-state index in [1.54, 1.807) is 7.11 Å². The van der Waals surface area contributed by atoms with E-state index in [4.69, 9.17) is 14.2 Å². The highest BCUT2D eigenvalue weighted by Gasteiger charge is 2.25. The lowest BCUT2D eigenvalue weighted by Crippen LogP contribution is -2.02. The van der Waals surface area contributed by atoms with Crippen LogP contribution < -0.4 is 9.47 Å². The van der Waals surface area contributed by atoms with Gasteiger partial charge in [0.05, 0.1) is 13.7 Å². The molecule has 0 N–H and O–H groups in total. The van der Waals surface area contributed by atoms with Crippen LogP contribution in [0.2, 0.25) is 0 Å². The third kappa shape index (κ3) is 3.40. The predicted octanol–water partition coefficient (Wildman–Crippen LogP) is 3.25. The van der Waals surface area contributed by atoms with Crippen molar-refractivity contribution in [2.45, 2.75) is 38.7 Å². The van der Waals surface area contributed by atoms with Gasteiger partial charge in [0.25, 0.3) is 0 Å². The molecule has 0 amide bonds. The molecule has 4 nitrogen and oxygen atoms in total. The van der Waals surface area contributed by atoms with Gasteiger partial charge in [0.1, 0.15) is 6.10 Å². The highest BCUT2D eigenvalue weighted by molar-refractivity contribution is 5.71. The average molecular weight is 264 g/mol. The van der Waals surface area contributed by atoms with Crippen molar-refractivity contribution in [1.29, 1.82) is 0 Å². The molecular formula is C15H20O4. The van der Waals surface area contributed by atoms with Crippen LogP contribution in [0, 0.1) is 0 Å². The summed E-state index contributed by atoms with van der Waals surface area (Å²) in [4.78, 5) is 11.1. The number of esters is 1. The van der Waals surface area contributed by atoms with Gasteiger partial charge in [0, 0.05) is 6.42 Å². The standard InChI is InChI=1S/C15H20O4/c1-3-4-9-18-13-6-5-11(10-14(13)17-2)12-7-8-15(16)19-12/h5-6,10,12H,3-4,7-9H2,1-2H3/t12-/m0/s1. The number of ether oxygens (including phenoxy) is 3. The molecule has 0 saturated carbocycles. The summed E-state index contributed by atoms with van der Waals surface area (Å²) < 4.78 is 16.3. The summed E-state index contributed by atoms with van der Waals surface area (Å²) >= 11 is 0. The molecule has 1 heterocycles. The highest BCUT2D eigenvalue weighted by Crippen LogP contribution is 2.35. The molecule has 0 spiro atoms. The first-order chi connectivity index (χ1) is 9.24. The van der Waals surface area contributed by atoms with Crippen LogP contribution in [-0.2, 0) is 9.53 Å². The monoisotopic (exact) mass is 264 g/mol. The van der Waals surface area contributed by atoms with Crippen molar-refractivity contribution in [3.8, 4) is 11.5 Å². The molecule has 1 aliphatic rings. The Kier molecular flexibility index (Phi) is 4.66. The zero-order chi connectivity index (χ0) is 13.7. The van der Waals surface area contributed by atoms with Crippen molar-refractivity contribution in [2.24, 2.45) is 0 Å². The summed E-state index contributed by atoms with van der Waals surface area (Å²) in [6.07, 6.45) is 3.19. The van der Waals surface area contributed by atoms with E-state index in [1.165, 1.54) is 0 Å². The molecular weight excluding hydrogens is 244 g/mol. The molecule has 4 heteroatoms. The minimum atomic E-state index is -0.147. The van der Waals surface area contributed by atoms with Gasteiger partial charge < -0.3 is 14.2 Å². The Morgan fingerprint density at radius 2 is 2.21 bits per heavy atom. The molecule has 1 saturated heterocycles. The molecule has 1 atom stereocenters. The van der Waals surface area contributed by atoms with Crippen LogP contribution in [0.4, 0.5) is 0 Å². The number of hydrogen-bond acceptors (Lipinski definition) is 4. The molecule has 2 rings (SSSR count). The quantitative estimate of drug-likeness (QED) is 0.584. The van der Waals surface area contributed by atoms with Crippen LogP contribution in [0.3, 0.4) is 0 Å². The summed E-state index contributed by atoms with van der Waals surface area (Å²) in [5.41, 5.74) is 0.963. The third-order valence-corrected chi connectivity index (χ3v) is 3.20. The fourth-order valence-corrected chi connectivity index (χ4v) is 2.09. The maximum absolute atomic E-state index is 11.1. The van der Waals surface area contributed by atoms with Crippen molar-refractivity contribution in [3.05, 3.63) is 23.8 Å². The van der Waals surface area contributed by atoms with Gasteiger partial charge in [-0.05, 0) is 30.5 Å². The van der Waals surface area contributed by atoms with Crippen molar-refractivity contribution < 1.29 is 19.0 Å². The van der Waals surface area contributed by atoms with Crippen molar-refractivity contribution >= 4 is 5.97 Å². The van der Waals surface area contributed by atoms with E-state index in [0.29, 0.717) is 18.8 Å². The van der Waals surface area contributed by atoms with E-state index >= 15 is 0 Å². The summed E-state index contributed by atoms with van der Waals surface area (Å²) in [6.45, 7) is 2.81. The van der Waals surface area contributed by atoms with Gasteiger partial charge in [0.2, 0.25) is 0 Å². The number of cyclic esters (lactones) is 1. The molecule has 1 fully saturated rings. The van der Waals surface area contributed by atoms with E-state index < -0.39 is 0 Å². The third-order valence-electron chi connectivity index (χ3n) is 3.20. The first-order valence-electron chi connectivity index (χ1n) is 6.74. The van der Waals surface area contributed by atoms with Crippen molar-refractivity contribution in [2.75, 3.05) is 13.7 Å². The molecule has 0 aliphatic carbocycles. The van der Waals surface area contributed by atoms with E-state index in [1.807, 2.05) is 18.2 Å². The lowest BCUT2D eigenvalue weighted by molar-refractivity contribution is -0.141. The number of benzene rings is 1. The Bertz CT molecular complexity index is 442. The van der Waals surface area contributed by atoms with Crippen LogP contribution in [0.1, 0.15) is 44.3 Å². The Morgan fingerprint density at radius 3 is 2.84 bits per heavy atom. The van der Waals surface area contributed by atoms with Crippen LogP contribution in [0.15, 0.2) is 18.2 Å². The van der Waals surface area contributed by atoms with Gasteiger partial charge in [-0.2, -0.15) is 0 Å². The summed E-state index contributed by atoms with van der Waals surface area (Å²) in [5.74, 6) is 1.30. The Labute approximate surface area is 113 Å². The van der Waals surface area contributed by atoms with Crippen LogP contribution >= 0.6 is 0 Å². The molecule has 0 aromatic heterocycles. The van der Waals surface area contributed by atoms with Gasteiger partial charge in [-0.15, -0.1) is 0 Å². The zero-order valence-electron chi connectivity index (χ0n) is 11.5. The number of hydrogen-bond donors (Lipinski definition) is 0. The summed E-state index contributed by atoms with van der Waals surface area (Å²) in [5, 5.41) is 0. The highest BCUT2D eigenvalue weighted by atomic mass is 16.5. The first-order valence-corrected chi connectivity index (χ1v) is 6.74. The second-order valence-electron chi connectivity index (χ2n) is 4.63. The zero-order valence-corrected chi connectivity index (χ0v) is 11.5. The molecule has 1 aromatic rings. The van der Waals surface area contributed by atoms with Crippen LogP contribution in [0.25, 0.3) is 0 Å². The molecule has 0 radical (unpaired) electrons. The van der Waals surface area contributed by atoms with Gasteiger partial charge >= 0.3 is 5.97 Å². The minimum absolute atomic E-state index is 0.132. The largest absolute Gasteiger partial charge is 0.493 e. The fourth-order valence-electron chi connectivity index (χ4n) is 2.09. The normalized spacial score (nSPS) is 18.2. The number of unbranched alkanes of at least 4 members (excludes halogenated alkanes) is 1.